The number of carbonyl (C=O) groups excluding carboxylic acids is 1. The summed E-state index contributed by atoms with van der Waals surface area (Å²) in [5.41, 5.74) is 3.49. The molecule has 9 nitrogen and oxygen atoms in total. The number of hydrogen-bond acceptors (Lipinski definition) is 7. The van der Waals surface area contributed by atoms with Crippen LogP contribution in [0, 0.1) is 13.8 Å². The van der Waals surface area contributed by atoms with E-state index in [0.717, 1.165) is 29.5 Å². The number of anilines is 2. The number of sulfonamides is 1. The van der Waals surface area contributed by atoms with Gasteiger partial charge in [0.15, 0.2) is 0 Å². The van der Waals surface area contributed by atoms with Crippen molar-refractivity contribution < 1.29 is 17.9 Å². The summed E-state index contributed by atoms with van der Waals surface area (Å²) in [4.78, 5) is 22.0. The van der Waals surface area contributed by atoms with Crippen LogP contribution < -0.4 is 19.7 Å². The minimum Gasteiger partial charge on any atom is -0.436 e. The average molecular weight is 508 g/mol. The molecular weight excluding hydrogens is 478 g/mol. The van der Waals surface area contributed by atoms with E-state index in [1.54, 1.807) is 18.2 Å². The van der Waals surface area contributed by atoms with E-state index in [9.17, 15) is 13.2 Å². The molecule has 0 unspecified atom stereocenters. The Morgan fingerprint density at radius 2 is 1.92 bits per heavy atom. The number of nitrogens with zero attached hydrogens (tertiary/aromatic N) is 3. The number of pyridine rings is 2. The van der Waals surface area contributed by atoms with Gasteiger partial charge in [-0.15, -0.1) is 0 Å². The number of benzene rings is 1. The van der Waals surface area contributed by atoms with Crippen molar-refractivity contribution in [2.45, 2.75) is 50.5 Å². The Morgan fingerprint density at radius 3 is 2.58 bits per heavy atom. The first-order valence-electron chi connectivity index (χ1n) is 11.9. The van der Waals surface area contributed by atoms with Crippen molar-refractivity contribution in [2.24, 2.45) is 0 Å². The molecule has 1 aliphatic carbocycles. The highest BCUT2D eigenvalue weighted by atomic mass is 32.2. The number of nitrogens with one attached hydrogen (secondary N) is 2. The summed E-state index contributed by atoms with van der Waals surface area (Å²) in [5, 5.41) is 2.90. The second kappa shape index (κ2) is 9.42. The lowest BCUT2D eigenvalue weighted by atomic mass is 10.0. The highest BCUT2D eigenvalue weighted by Crippen LogP contribution is 2.47. The SMILES string of the molecule is CC(=O)NC1CN(c2ccc(NS(=O)(=O)c3cccnc3)c(Oc3c(C)cc(C)cc3C3CC3)n2)C1. The van der Waals surface area contributed by atoms with Gasteiger partial charge in [-0.3, -0.25) is 14.5 Å². The third-order valence-corrected chi connectivity index (χ3v) is 7.66. The van der Waals surface area contributed by atoms with Crippen LogP contribution in [0.3, 0.4) is 0 Å². The molecule has 0 spiro atoms. The van der Waals surface area contributed by atoms with Crippen molar-refractivity contribution in [3.8, 4) is 11.6 Å². The van der Waals surface area contributed by atoms with Crippen LogP contribution in [-0.4, -0.2) is 43.4 Å². The monoisotopic (exact) mass is 507 g/mol. The molecule has 0 radical (unpaired) electrons. The van der Waals surface area contributed by atoms with Crippen molar-refractivity contribution >= 4 is 27.4 Å². The highest BCUT2D eigenvalue weighted by Gasteiger charge is 2.31. The van der Waals surface area contributed by atoms with Gasteiger partial charge < -0.3 is 15.0 Å². The van der Waals surface area contributed by atoms with Crippen LogP contribution >= 0.6 is 0 Å². The number of aryl methyl sites for hydroxylation is 2. The van der Waals surface area contributed by atoms with Crippen LogP contribution in [-0.2, 0) is 14.8 Å². The van der Waals surface area contributed by atoms with Crippen molar-refractivity contribution in [3.05, 3.63) is 65.5 Å². The van der Waals surface area contributed by atoms with Gasteiger partial charge in [0.1, 0.15) is 22.2 Å². The molecule has 1 saturated heterocycles. The first-order valence-corrected chi connectivity index (χ1v) is 13.4. The summed E-state index contributed by atoms with van der Waals surface area (Å²) < 4.78 is 35.1. The standard InChI is InChI=1S/C26H29N5O4S/c1-16-11-17(2)25(22(12-16)19-6-7-19)35-26-23(30-36(33,34)21-5-4-10-27-13-21)8-9-24(29-26)31-14-20(15-31)28-18(3)32/h4-5,8-13,19-20,30H,6-7,14-15H2,1-3H3,(H,28,32). The first kappa shape index (κ1) is 24.1. The van der Waals surface area contributed by atoms with Gasteiger partial charge in [0, 0.05) is 32.4 Å². The van der Waals surface area contributed by atoms with Gasteiger partial charge in [0.25, 0.3) is 10.0 Å². The summed E-state index contributed by atoms with van der Waals surface area (Å²) in [5.74, 6) is 1.91. The Morgan fingerprint density at radius 1 is 1.14 bits per heavy atom. The Hall–Kier alpha value is -3.66. The van der Waals surface area contributed by atoms with Crippen LogP contribution in [0.2, 0.25) is 0 Å². The molecule has 1 aromatic carbocycles. The van der Waals surface area contributed by atoms with E-state index in [-0.39, 0.29) is 28.4 Å². The van der Waals surface area contributed by atoms with Crippen LogP contribution in [0.4, 0.5) is 11.5 Å². The van der Waals surface area contributed by atoms with Crippen LogP contribution in [0.15, 0.2) is 53.7 Å². The van der Waals surface area contributed by atoms with E-state index in [1.165, 1.54) is 25.4 Å². The van der Waals surface area contributed by atoms with E-state index >= 15 is 0 Å². The zero-order valence-corrected chi connectivity index (χ0v) is 21.3. The molecule has 3 aromatic rings. The third-order valence-electron chi connectivity index (χ3n) is 6.31. The van der Waals surface area contributed by atoms with Gasteiger partial charge in [0.05, 0.1) is 6.04 Å². The predicted molar refractivity (Wildman–Crippen MR) is 137 cm³/mol. The molecule has 1 amide bonds. The molecule has 2 aliphatic rings. The maximum atomic E-state index is 13.0. The van der Waals surface area contributed by atoms with Crippen molar-refractivity contribution in [1.82, 2.24) is 15.3 Å². The summed E-state index contributed by atoms with van der Waals surface area (Å²) >= 11 is 0. The maximum Gasteiger partial charge on any atom is 0.263 e. The second-order valence-electron chi connectivity index (χ2n) is 9.50. The van der Waals surface area contributed by atoms with Crippen LogP contribution in [0.1, 0.15) is 42.4 Å². The molecule has 2 aromatic heterocycles. The van der Waals surface area contributed by atoms with Crippen molar-refractivity contribution in [3.63, 3.8) is 0 Å². The summed E-state index contributed by atoms with van der Waals surface area (Å²) in [6, 6.07) is 10.7. The summed E-state index contributed by atoms with van der Waals surface area (Å²) in [7, 11) is -3.90. The van der Waals surface area contributed by atoms with Crippen LogP contribution in [0.25, 0.3) is 0 Å². The number of amides is 1. The fourth-order valence-electron chi connectivity index (χ4n) is 4.44. The first-order chi connectivity index (χ1) is 17.2. The predicted octanol–water partition coefficient (Wildman–Crippen LogP) is 3.89. The van der Waals surface area contributed by atoms with Crippen molar-refractivity contribution in [1.29, 1.82) is 0 Å². The number of aromatic nitrogens is 2. The Kier molecular flexibility index (Phi) is 6.29. The third kappa shape index (κ3) is 5.13. The van der Waals surface area contributed by atoms with Crippen LogP contribution in [0.5, 0.6) is 11.6 Å². The molecule has 5 rings (SSSR count). The van der Waals surface area contributed by atoms with Gasteiger partial charge in [-0.25, -0.2) is 8.42 Å². The minimum absolute atomic E-state index is 0.0473. The van der Waals surface area contributed by atoms with Gasteiger partial charge in [-0.2, -0.15) is 4.98 Å². The lowest BCUT2D eigenvalue weighted by molar-refractivity contribution is -0.119. The smallest absolute Gasteiger partial charge is 0.263 e. The van der Waals surface area contributed by atoms with E-state index in [0.29, 0.717) is 30.6 Å². The molecule has 0 atom stereocenters. The minimum atomic E-state index is -3.90. The summed E-state index contributed by atoms with van der Waals surface area (Å²) in [6.07, 6.45) is 5.02. The molecule has 3 heterocycles. The quantitative estimate of drug-likeness (QED) is 0.476. The van der Waals surface area contributed by atoms with Gasteiger partial charge in [0.2, 0.25) is 11.8 Å². The molecular formula is C26H29N5O4S. The molecule has 2 N–H and O–H groups in total. The Balaban J connectivity index is 1.50. The van der Waals surface area contributed by atoms with E-state index in [1.807, 2.05) is 11.8 Å². The fraction of sp³-hybridized carbons (Fsp3) is 0.346. The summed E-state index contributed by atoms with van der Waals surface area (Å²) in [6.45, 7) is 6.78. The fourth-order valence-corrected chi connectivity index (χ4v) is 5.46. The topological polar surface area (TPSA) is 114 Å². The van der Waals surface area contributed by atoms with E-state index < -0.39 is 10.0 Å². The number of rotatable bonds is 8. The number of hydrogen-bond donors (Lipinski definition) is 2. The molecule has 10 heteroatoms. The van der Waals surface area contributed by atoms with E-state index in [2.05, 4.69) is 34.1 Å². The zero-order chi connectivity index (χ0) is 25.4. The second-order valence-corrected chi connectivity index (χ2v) is 11.2. The molecule has 0 bridgehead atoms. The Labute approximate surface area is 211 Å². The number of ether oxygens (including phenoxy) is 1. The lowest BCUT2D eigenvalue weighted by Gasteiger charge is -2.40. The van der Waals surface area contributed by atoms with Gasteiger partial charge in [-0.1, -0.05) is 17.7 Å². The molecule has 1 aliphatic heterocycles. The molecule has 36 heavy (non-hydrogen) atoms. The zero-order valence-electron chi connectivity index (χ0n) is 20.5. The average Bonchev–Trinajstić information content (AvgIpc) is 3.64. The highest BCUT2D eigenvalue weighted by molar-refractivity contribution is 7.92. The Bertz CT molecular complexity index is 1400. The molecule has 1 saturated carbocycles. The van der Waals surface area contributed by atoms with Gasteiger partial charge >= 0.3 is 0 Å². The normalized spacial score (nSPS) is 15.8. The van der Waals surface area contributed by atoms with Gasteiger partial charge in [-0.05, 0) is 68.0 Å². The largest absolute Gasteiger partial charge is 0.436 e. The molecule has 188 valence electrons. The number of carbonyl (C=O) groups is 1. The lowest BCUT2D eigenvalue weighted by Crippen LogP contribution is -2.59. The molecule has 2 fully saturated rings. The van der Waals surface area contributed by atoms with Crippen molar-refractivity contribution in [2.75, 3.05) is 22.7 Å². The maximum absolute atomic E-state index is 13.0. The van der Waals surface area contributed by atoms with E-state index in [4.69, 9.17) is 9.72 Å².